The molecule has 1 heterocycles. The zero-order chi connectivity index (χ0) is 29.8. The zero-order valence-corrected chi connectivity index (χ0v) is 23.5. The summed E-state index contributed by atoms with van der Waals surface area (Å²) in [5.74, 6) is -3.86. The number of ketones is 3. The number of aromatic hydroxyl groups is 2. The molecule has 13 nitrogen and oxygen atoms in total. The minimum atomic E-state index is -2.27. The summed E-state index contributed by atoms with van der Waals surface area (Å²) in [5.41, 5.74) is -3.75. The largest absolute Gasteiger partial charge is 0.507 e. The van der Waals surface area contributed by atoms with Crippen LogP contribution in [0.4, 0.5) is 0 Å². The molecule has 1 fully saturated rings. The molecule has 2 aromatic carbocycles. The van der Waals surface area contributed by atoms with Crippen LogP contribution in [0.1, 0.15) is 68.8 Å². The molecule has 6 atom stereocenters. The van der Waals surface area contributed by atoms with Crippen molar-refractivity contribution in [1.29, 1.82) is 0 Å². The van der Waals surface area contributed by atoms with E-state index in [-0.39, 0.29) is 46.8 Å². The topological polar surface area (TPSA) is 212 Å². The fraction of sp³-hybridized carbons (Fsp3) is 0.464. The normalized spacial score (nSPS) is 28.3. The van der Waals surface area contributed by atoms with Crippen molar-refractivity contribution in [3.05, 3.63) is 51.6 Å². The van der Waals surface area contributed by atoms with Crippen LogP contribution in [0.15, 0.2) is 18.2 Å². The van der Waals surface area contributed by atoms with Gasteiger partial charge in [-0.1, -0.05) is 12.1 Å². The van der Waals surface area contributed by atoms with Crippen LogP contribution in [-0.2, 0) is 20.7 Å². The number of Topliss-reactive ketones (excluding diaryl/α,β-unsaturated/α-hetero) is 1. The molecular formula is C28H32ClNO12. The maximum absolute atomic E-state index is 13.7. The van der Waals surface area contributed by atoms with E-state index in [1.807, 2.05) is 0 Å². The van der Waals surface area contributed by atoms with Gasteiger partial charge in [0, 0.05) is 42.0 Å². The summed E-state index contributed by atoms with van der Waals surface area (Å²) in [6.45, 7) is 0.0913. The van der Waals surface area contributed by atoms with Gasteiger partial charge >= 0.3 is 0 Å². The first-order valence-electron chi connectivity index (χ1n) is 13.0. The lowest BCUT2D eigenvalue weighted by Gasteiger charge is -2.42. The lowest BCUT2D eigenvalue weighted by Crippen LogP contribution is -2.54. The Balaban J connectivity index is 0.00000405. The lowest BCUT2D eigenvalue weighted by atomic mass is 9.72. The maximum atomic E-state index is 13.7. The number of carbonyl (C=O) groups is 3. The molecule has 0 aromatic heterocycles. The highest BCUT2D eigenvalue weighted by atomic mass is 35.5. The van der Waals surface area contributed by atoms with Crippen molar-refractivity contribution < 1.29 is 59.2 Å². The molecular weight excluding hydrogens is 578 g/mol. The average molecular weight is 610 g/mol. The summed E-state index contributed by atoms with van der Waals surface area (Å²) in [6, 6.07) is 3.68. The fourth-order valence-corrected chi connectivity index (χ4v) is 6.04. The van der Waals surface area contributed by atoms with Crippen molar-refractivity contribution in [3.63, 3.8) is 0 Å². The number of fused-ring (bicyclic) bond motifs is 3. The van der Waals surface area contributed by atoms with E-state index in [4.69, 9.17) is 14.2 Å². The number of carbonyl (C=O) groups excluding carboxylic acids is 3. The van der Waals surface area contributed by atoms with Crippen LogP contribution < -0.4 is 10.1 Å². The lowest BCUT2D eigenvalue weighted by molar-refractivity contribution is -0.250. The molecule has 1 saturated heterocycles. The number of ether oxygens (including phenoxy) is 3. The first kappa shape index (κ1) is 31.8. The molecule has 3 aliphatic rings. The van der Waals surface area contributed by atoms with Crippen LogP contribution in [0, 0.1) is 0 Å². The van der Waals surface area contributed by atoms with Crippen molar-refractivity contribution in [1.82, 2.24) is 5.32 Å². The van der Waals surface area contributed by atoms with Gasteiger partial charge in [-0.2, -0.15) is 0 Å². The molecule has 0 spiro atoms. The fourth-order valence-electron chi connectivity index (χ4n) is 6.04. The Morgan fingerprint density at radius 3 is 2.45 bits per heavy atom. The zero-order valence-electron chi connectivity index (χ0n) is 22.7. The summed E-state index contributed by atoms with van der Waals surface area (Å²) < 4.78 is 17.1. The van der Waals surface area contributed by atoms with E-state index in [0.29, 0.717) is 0 Å². The summed E-state index contributed by atoms with van der Waals surface area (Å²) >= 11 is 0. The highest BCUT2D eigenvalue weighted by Crippen LogP contribution is 2.52. The van der Waals surface area contributed by atoms with Crippen molar-refractivity contribution in [3.8, 4) is 17.2 Å². The second kappa shape index (κ2) is 11.9. The molecule has 0 radical (unpaired) electrons. The number of aliphatic hydroxyl groups is 4. The first-order valence-corrected chi connectivity index (χ1v) is 13.0. The van der Waals surface area contributed by atoms with E-state index in [1.165, 1.54) is 25.3 Å². The average Bonchev–Trinajstić information content (AvgIpc) is 2.95. The minimum Gasteiger partial charge on any atom is -0.507 e. The van der Waals surface area contributed by atoms with Gasteiger partial charge in [0.1, 0.15) is 29.5 Å². The van der Waals surface area contributed by atoms with Crippen LogP contribution in [0.3, 0.4) is 0 Å². The number of methoxy groups -OCH3 is 1. The van der Waals surface area contributed by atoms with Gasteiger partial charge in [0.25, 0.3) is 0 Å². The van der Waals surface area contributed by atoms with Crippen molar-refractivity contribution in [2.24, 2.45) is 0 Å². The number of benzene rings is 2. The van der Waals surface area contributed by atoms with Gasteiger partial charge < -0.3 is 44.8 Å². The Labute approximate surface area is 246 Å². The molecule has 14 heteroatoms. The van der Waals surface area contributed by atoms with Crippen molar-refractivity contribution >= 4 is 29.8 Å². The standard InChI is InChI=1S/C28H31NO12.ClH/c1-11-23(33)14(29-10-31)6-18(40-11)41-16-8-28(38,17(32)9-30)7-13-20(16)27(37)22-21(25(13)35)24(34)12-4-3-5-15(39-2)19(12)26(22)36;/h3-5,11,14,16,18,23,29-31,33,35,37-38H,6-10H2,1-2H3;1H/t11?,14?,16-,18?,23?,28-;/m0./s1. The Kier molecular flexibility index (Phi) is 8.98. The third-order valence-electron chi connectivity index (χ3n) is 8.11. The number of aliphatic hydroxyl groups excluding tert-OH is 3. The van der Waals surface area contributed by atoms with E-state index < -0.39 is 102 Å². The molecule has 2 aliphatic carbocycles. The highest BCUT2D eigenvalue weighted by Gasteiger charge is 2.50. The summed E-state index contributed by atoms with van der Waals surface area (Å²) in [7, 11) is 1.32. The molecule has 228 valence electrons. The van der Waals surface area contributed by atoms with E-state index in [2.05, 4.69) is 5.32 Å². The number of nitrogens with one attached hydrogen (secondary N) is 1. The number of hydrogen-bond donors (Lipinski definition) is 7. The number of halogens is 1. The summed E-state index contributed by atoms with van der Waals surface area (Å²) in [6.07, 6.45) is -5.33. The van der Waals surface area contributed by atoms with Gasteiger partial charge in [0.05, 0.1) is 48.8 Å². The molecule has 7 N–H and O–H groups in total. The monoisotopic (exact) mass is 609 g/mol. The predicted octanol–water partition coefficient (Wildman–Crippen LogP) is 0.00380. The van der Waals surface area contributed by atoms with E-state index in [9.17, 15) is 45.0 Å². The molecule has 4 unspecified atom stereocenters. The highest BCUT2D eigenvalue weighted by molar-refractivity contribution is 6.31. The third-order valence-corrected chi connectivity index (χ3v) is 8.11. The summed E-state index contributed by atoms with van der Waals surface area (Å²) in [5, 5.41) is 66.2. The third kappa shape index (κ3) is 4.95. The van der Waals surface area contributed by atoms with Gasteiger partial charge in [-0.05, 0) is 13.0 Å². The molecule has 1 aliphatic heterocycles. The molecule has 0 amide bonds. The van der Waals surface area contributed by atoms with Gasteiger partial charge in [-0.25, -0.2) is 0 Å². The summed E-state index contributed by atoms with van der Waals surface area (Å²) in [4.78, 5) is 39.9. The van der Waals surface area contributed by atoms with Crippen LogP contribution in [0.2, 0.25) is 0 Å². The number of hydrogen-bond acceptors (Lipinski definition) is 13. The minimum absolute atomic E-state index is 0. The van der Waals surface area contributed by atoms with Crippen molar-refractivity contribution in [2.45, 2.75) is 62.4 Å². The Bertz CT molecular complexity index is 1430. The number of rotatable bonds is 7. The second-order valence-corrected chi connectivity index (χ2v) is 10.5. The van der Waals surface area contributed by atoms with Gasteiger partial charge in [-0.15, -0.1) is 12.4 Å². The van der Waals surface area contributed by atoms with Crippen LogP contribution in [0.25, 0.3) is 0 Å². The molecule has 0 saturated carbocycles. The molecule has 0 bridgehead atoms. The van der Waals surface area contributed by atoms with E-state index in [0.717, 1.165) is 0 Å². The Morgan fingerprint density at radius 1 is 1.12 bits per heavy atom. The van der Waals surface area contributed by atoms with Gasteiger partial charge in [-0.3, -0.25) is 19.7 Å². The second-order valence-electron chi connectivity index (χ2n) is 10.5. The van der Waals surface area contributed by atoms with E-state index >= 15 is 0 Å². The quantitative estimate of drug-likeness (QED) is 0.139. The number of phenols is 2. The van der Waals surface area contributed by atoms with Crippen LogP contribution >= 0.6 is 12.4 Å². The van der Waals surface area contributed by atoms with Gasteiger partial charge in [0.15, 0.2) is 17.9 Å². The smallest absolute Gasteiger partial charge is 0.202 e. The van der Waals surface area contributed by atoms with Crippen LogP contribution in [0.5, 0.6) is 17.2 Å². The van der Waals surface area contributed by atoms with Gasteiger partial charge in [0.2, 0.25) is 5.78 Å². The molecule has 2 aromatic rings. The van der Waals surface area contributed by atoms with Crippen molar-refractivity contribution in [2.75, 3.05) is 20.4 Å². The first-order chi connectivity index (χ1) is 19.5. The predicted molar refractivity (Wildman–Crippen MR) is 145 cm³/mol. The Hall–Kier alpha value is -3.14. The van der Waals surface area contributed by atoms with E-state index in [1.54, 1.807) is 6.92 Å². The van der Waals surface area contributed by atoms with Crippen LogP contribution in [-0.4, -0.2) is 98.6 Å². The SMILES string of the molecule is COc1cccc2c1C(=O)c1c(O)c3c(c(O)c1C2=O)C[C@@](O)(C(=O)CO)C[C@@H]3OC1CC(NCO)C(O)C(C)O1.Cl. The Morgan fingerprint density at radius 2 is 1.81 bits per heavy atom. The molecule has 5 rings (SSSR count). The molecule has 42 heavy (non-hydrogen) atoms. The maximum Gasteiger partial charge on any atom is 0.202 e. The number of phenolic OH excluding ortho intramolecular Hbond substituents is 2.